The molecular weight excluding hydrogens is 342 g/mol. The highest BCUT2D eigenvalue weighted by Crippen LogP contribution is 2.46. The summed E-state index contributed by atoms with van der Waals surface area (Å²) < 4.78 is 5.40. The number of hydrogen-bond donors (Lipinski definition) is 1. The lowest BCUT2D eigenvalue weighted by molar-refractivity contribution is 0.414. The van der Waals surface area contributed by atoms with Gasteiger partial charge in [0.2, 0.25) is 0 Å². The van der Waals surface area contributed by atoms with Crippen LogP contribution in [0.2, 0.25) is 0 Å². The van der Waals surface area contributed by atoms with Crippen LogP contribution in [0.15, 0.2) is 82.7 Å². The molecule has 4 rings (SSSR count). The molecule has 0 unspecified atom stereocenters. The van der Waals surface area contributed by atoms with Crippen LogP contribution in [0.5, 0.6) is 11.5 Å². The second-order valence-corrected chi connectivity index (χ2v) is 7.38. The van der Waals surface area contributed by atoms with Gasteiger partial charge in [0.25, 0.3) is 0 Å². The highest BCUT2D eigenvalue weighted by Gasteiger charge is 2.23. The van der Waals surface area contributed by atoms with Crippen LogP contribution in [0.25, 0.3) is 0 Å². The Morgan fingerprint density at radius 3 is 2.65 bits per heavy atom. The highest BCUT2D eigenvalue weighted by molar-refractivity contribution is 7.99. The van der Waals surface area contributed by atoms with Crippen LogP contribution in [-0.4, -0.2) is 17.9 Å². The van der Waals surface area contributed by atoms with Crippen LogP contribution in [0.1, 0.15) is 22.8 Å². The second-order valence-electron chi connectivity index (χ2n) is 6.13. The van der Waals surface area contributed by atoms with Gasteiger partial charge in [-0.15, -0.1) is 11.8 Å². The van der Waals surface area contributed by atoms with E-state index in [1.54, 1.807) is 24.9 Å². The number of methoxy groups -OCH3 is 1. The summed E-state index contributed by atoms with van der Waals surface area (Å²) in [7, 11) is 1.68. The number of thioether (sulfide) groups is 1. The van der Waals surface area contributed by atoms with Gasteiger partial charge in [0, 0.05) is 22.1 Å². The van der Waals surface area contributed by atoms with Crippen LogP contribution >= 0.6 is 11.8 Å². The van der Waals surface area contributed by atoms with Crippen LogP contribution in [-0.2, 0) is 0 Å². The molecule has 26 heavy (non-hydrogen) atoms. The normalized spacial score (nSPS) is 16.3. The predicted octanol–water partition coefficient (Wildman–Crippen LogP) is 5.76. The molecule has 3 nitrogen and oxygen atoms in total. The number of nitrogens with zero attached hydrogens (tertiary/aromatic N) is 1. The smallest absolute Gasteiger partial charge is 0.124 e. The quantitative estimate of drug-likeness (QED) is 0.645. The molecule has 3 aromatic carbocycles. The molecule has 1 atom stereocenters. The number of phenols is 1. The zero-order chi connectivity index (χ0) is 17.9. The zero-order valence-electron chi connectivity index (χ0n) is 14.4. The Labute approximate surface area is 157 Å². The maximum absolute atomic E-state index is 10.3. The zero-order valence-corrected chi connectivity index (χ0v) is 15.2. The fraction of sp³-hybridized carbons (Fsp3) is 0.136. The van der Waals surface area contributed by atoms with Crippen molar-refractivity contribution in [1.29, 1.82) is 0 Å². The van der Waals surface area contributed by atoms with E-state index in [9.17, 15) is 5.11 Å². The molecular formula is C22H19NO2S. The molecule has 0 saturated heterocycles. The van der Waals surface area contributed by atoms with Crippen molar-refractivity contribution < 1.29 is 9.84 Å². The minimum absolute atomic E-state index is 0.187. The van der Waals surface area contributed by atoms with Gasteiger partial charge in [-0.25, -0.2) is 0 Å². The number of aliphatic imine (C=N–C) groups is 1. The number of ether oxygens (including phenoxy) is 1. The molecule has 1 aliphatic rings. The van der Waals surface area contributed by atoms with Crippen molar-refractivity contribution in [2.75, 3.05) is 7.11 Å². The van der Waals surface area contributed by atoms with Crippen LogP contribution in [0.3, 0.4) is 0 Å². The van der Waals surface area contributed by atoms with Crippen molar-refractivity contribution in [2.24, 2.45) is 4.99 Å². The van der Waals surface area contributed by atoms with Gasteiger partial charge in [-0.1, -0.05) is 36.4 Å². The van der Waals surface area contributed by atoms with Gasteiger partial charge in [-0.2, -0.15) is 0 Å². The molecule has 0 bridgehead atoms. The average Bonchev–Trinajstić information content (AvgIpc) is 2.88. The summed E-state index contributed by atoms with van der Waals surface area (Å²) in [5.74, 6) is 1.11. The molecule has 0 spiro atoms. The van der Waals surface area contributed by atoms with Crippen molar-refractivity contribution in [1.82, 2.24) is 0 Å². The topological polar surface area (TPSA) is 41.8 Å². The lowest BCUT2D eigenvalue weighted by Crippen LogP contribution is -2.06. The largest absolute Gasteiger partial charge is 0.507 e. The molecule has 0 saturated carbocycles. The molecule has 0 amide bonds. The third kappa shape index (κ3) is 3.33. The molecule has 1 aliphatic heterocycles. The SMILES string of the molecule is COc1cccc([C@@H]2CC(c3ccccc3O)=Nc3ccccc3S2)c1. The van der Waals surface area contributed by atoms with Crippen LogP contribution in [0.4, 0.5) is 5.69 Å². The maximum atomic E-state index is 10.3. The molecule has 3 aromatic rings. The summed E-state index contributed by atoms with van der Waals surface area (Å²) >= 11 is 1.80. The van der Waals surface area contributed by atoms with E-state index >= 15 is 0 Å². The van der Waals surface area contributed by atoms with E-state index in [1.807, 2.05) is 48.5 Å². The highest BCUT2D eigenvalue weighted by atomic mass is 32.2. The number of para-hydroxylation sites is 2. The Morgan fingerprint density at radius 2 is 1.81 bits per heavy atom. The minimum atomic E-state index is 0.187. The van der Waals surface area contributed by atoms with E-state index in [-0.39, 0.29) is 11.0 Å². The molecule has 0 aromatic heterocycles. The van der Waals surface area contributed by atoms with E-state index in [1.165, 1.54) is 5.56 Å². The van der Waals surface area contributed by atoms with E-state index in [0.717, 1.165) is 34.0 Å². The molecule has 0 fully saturated rings. The number of hydrogen-bond acceptors (Lipinski definition) is 4. The van der Waals surface area contributed by atoms with Gasteiger partial charge in [0.05, 0.1) is 18.5 Å². The Balaban J connectivity index is 1.81. The molecule has 0 radical (unpaired) electrons. The van der Waals surface area contributed by atoms with Gasteiger partial charge >= 0.3 is 0 Å². The second kappa shape index (κ2) is 7.26. The van der Waals surface area contributed by atoms with Gasteiger partial charge in [-0.3, -0.25) is 4.99 Å². The maximum Gasteiger partial charge on any atom is 0.124 e. The Bertz CT molecular complexity index is 968. The fourth-order valence-electron chi connectivity index (χ4n) is 3.13. The number of rotatable bonds is 3. The molecule has 4 heteroatoms. The van der Waals surface area contributed by atoms with Crippen LogP contribution < -0.4 is 4.74 Å². The third-order valence-electron chi connectivity index (χ3n) is 4.45. The Hall–Kier alpha value is -2.72. The lowest BCUT2D eigenvalue weighted by atomic mass is 10.0. The first-order valence-electron chi connectivity index (χ1n) is 8.50. The number of phenolic OH excluding ortho intramolecular Hbond substituents is 1. The first-order valence-corrected chi connectivity index (χ1v) is 9.38. The van der Waals surface area contributed by atoms with Gasteiger partial charge in [0.1, 0.15) is 11.5 Å². The summed E-state index contributed by atoms with van der Waals surface area (Å²) in [6.07, 6.45) is 0.726. The number of fused-ring (bicyclic) bond motifs is 1. The van der Waals surface area contributed by atoms with Crippen molar-refractivity contribution >= 4 is 23.2 Å². The van der Waals surface area contributed by atoms with Gasteiger partial charge in [-0.05, 0) is 42.0 Å². The summed E-state index contributed by atoms with van der Waals surface area (Å²) in [4.78, 5) is 6.04. The third-order valence-corrected chi connectivity index (χ3v) is 5.77. The molecule has 130 valence electrons. The van der Waals surface area contributed by atoms with Crippen molar-refractivity contribution in [3.05, 3.63) is 83.9 Å². The average molecular weight is 361 g/mol. The summed E-state index contributed by atoms with van der Waals surface area (Å²) in [6, 6.07) is 23.7. The standard InChI is InChI=1S/C22H19NO2S/c1-25-16-8-6-7-15(13-16)22-14-19(17-9-2-4-11-20(17)24)23-18-10-3-5-12-21(18)26-22/h2-13,22,24H,14H2,1H3/t22-/m0/s1. The number of benzene rings is 3. The van der Waals surface area contributed by atoms with Crippen LogP contribution in [0, 0.1) is 0 Å². The summed E-state index contributed by atoms with van der Waals surface area (Å²) in [6.45, 7) is 0. The van der Waals surface area contributed by atoms with E-state index < -0.39 is 0 Å². The first kappa shape index (κ1) is 16.7. The lowest BCUT2D eigenvalue weighted by Gasteiger charge is -2.17. The van der Waals surface area contributed by atoms with E-state index in [4.69, 9.17) is 9.73 Å². The Morgan fingerprint density at radius 1 is 1.00 bits per heavy atom. The summed E-state index contributed by atoms with van der Waals surface area (Å²) in [5, 5.41) is 10.5. The van der Waals surface area contributed by atoms with E-state index in [2.05, 4.69) is 18.2 Å². The first-order chi connectivity index (χ1) is 12.7. The van der Waals surface area contributed by atoms with Gasteiger partial charge < -0.3 is 9.84 Å². The fourth-order valence-corrected chi connectivity index (χ4v) is 4.35. The van der Waals surface area contributed by atoms with Crippen molar-refractivity contribution in [3.63, 3.8) is 0 Å². The molecule has 0 aliphatic carbocycles. The van der Waals surface area contributed by atoms with Crippen molar-refractivity contribution in [2.45, 2.75) is 16.6 Å². The van der Waals surface area contributed by atoms with E-state index in [0.29, 0.717) is 0 Å². The number of aromatic hydroxyl groups is 1. The predicted molar refractivity (Wildman–Crippen MR) is 107 cm³/mol. The van der Waals surface area contributed by atoms with Crippen molar-refractivity contribution in [3.8, 4) is 11.5 Å². The Kier molecular flexibility index (Phi) is 4.67. The monoisotopic (exact) mass is 361 g/mol. The summed E-state index contributed by atoms with van der Waals surface area (Å²) in [5.41, 5.74) is 3.82. The molecule has 1 N–H and O–H groups in total. The van der Waals surface area contributed by atoms with Gasteiger partial charge in [0.15, 0.2) is 0 Å². The minimum Gasteiger partial charge on any atom is -0.507 e. The molecule has 1 heterocycles.